The Morgan fingerprint density at radius 1 is 0.905 bits per heavy atom. The Kier molecular flexibility index (Phi) is 3.42. The lowest BCUT2D eigenvalue weighted by atomic mass is 9.85. The Labute approximate surface area is 127 Å². The molecule has 1 heterocycles. The third-order valence-corrected chi connectivity index (χ3v) is 4.15. The molecule has 0 aliphatic carbocycles. The normalized spacial score (nSPS) is 20.8. The summed E-state index contributed by atoms with van der Waals surface area (Å²) in [6, 6.07) is 16.9. The van der Waals surface area contributed by atoms with Crippen LogP contribution >= 0.6 is 0 Å². The van der Waals surface area contributed by atoms with Gasteiger partial charge in [-0.2, -0.15) is 0 Å². The molecule has 0 aromatic heterocycles. The second-order valence-corrected chi connectivity index (χ2v) is 5.81. The van der Waals surface area contributed by atoms with Crippen LogP contribution in [0.3, 0.4) is 0 Å². The maximum absolute atomic E-state index is 3.66. The van der Waals surface area contributed by atoms with E-state index in [1.807, 2.05) is 6.08 Å². The van der Waals surface area contributed by atoms with Crippen LogP contribution in [0.2, 0.25) is 0 Å². The number of allylic oxidation sites excluding steroid dienone is 2. The van der Waals surface area contributed by atoms with Crippen molar-refractivity contribution in [1.82, 2.24) is 5.32 Å². The second kappa shape index (κ2) is 5.25. The van der Waals surface area contributed by atoms with E-state index in [0.29, 0.717) is 0 Å². The van der Waals surface area contributed by atoms with Crippen LogP contribution in [0.1, 0.15) is 29.2 Å². The average molecular weight is 274 g/mol. The summed E-state index contributed by atoms with van der Waals surface area (Å²) in [5, 5.41) is 3.66. The lowest BCUT2D eigenvalue weighted by Crippen LogP contribution is -2.38. The molecular weight excluding hydrogens is 254 g/mol. The predicted octanol–water partition coefficient (Wildman–Crippen LogP) is 4.52. The zero-order valence-corrected chi connectivity index (χ0v) is 12.8. The molecule has 1 unspecified atom stereocenters. The first-order valence-electron chi connectivity index (χ1n) is 7.32. The molecule has 2 aromatic rings. The van der Waals surface area contributed by atoms with E-state index in [4.69, 9.17) is 0 Å². The van der Waals surface area contributed by atoms with Gasteiger partial charge >= 0.3 is 0 Å². The minimum atomic E-state index is -0.200. The van der Waals surface area contributed by atoms with E-state index >= 15 is 0 Å². The van der Waals surface area contributed by atoms with Crippen LogP contribution in [-0.4, -0.2) is 0 Å². The van der Waals surface area contributed by atoms with E-state index in [1.165, 1.54) is 22.3 Å². The molecule has 0 spiro atoms. The fourth-order valence-corrected chi connectivity index (χ4v) is 2.94. The van der Waals surface area contributed by atoms with E-state index in [9.17, 15) is 0 Å². The molecule has 1 heteroatoms. The van der Waals surface area contributed by atoms with Gasteiger partial charge in [0.2, 0.25) is 0 Å². The Bertz CT molecular complexity index is 724. The van der Waals surface area contributed by atoms with Crippen molar-refractivity contribution < 1.29 is 0 Å². The molecule has 21 heavy (non-hydrogen) atoms. The second-order valence-electron chi connectivity index (χ2n) is 5.81. The summed E-state index contributed by atoms with van der Waals surface area (Å²) in [5.41, 5.74) is 5.92. The van der Waals surface area contributed by atoms with Gasteiger partial charge < -0.3 is 5.32 Å². The van der Waals surface area contributed by atoms with Gasteiger partial charge in [-0.25, -0.2) is 0 Å². The van der Waals surface area contributed by atoms with Crippen LogP contribution in [0.15, 0.2) is 60.7 Å². The molecule has 105 valence electrons. The molecule has 0 fully saturated rings. The monoisotopic (exact) mass is 274 g/mol. The number of hydrogen-bond acceptors (Lipinski definition) is 1. The van der Waals surface area contributed by atoms with Crippen molar-refractivity contribution >= 4 is 5.70 Å². The van der Waals surface area contributed by atoms with Crippen molar-refractivity contribution in [3.63, 3.8) is 0 Å². The predicted molar refractivity (Wildman–Crippen MR) is 88.6 cm³/mol. The van der Waals surface area contributed by atoms with Gasteiger partial charge in [-0.1, -0.05) is 60.7 Å². The highest BCUT2D eigenvalue weighted by atomic mass is 15.0. The van der Waals surface area contributed by atoms with E-state index in [0.717, 1.165) is 5.70 Å². The topological polar surface area (TPSA) is 12.0 Å². The quantitative estimate of drug-likeness (QED) is 0.849. The summed E-state index contributed by atoms with van der Waals surface area (Å²) in [6.45, 7) is 6.51. The van der Waals surface area contributed by atoms with Crippen LogP contribution in [0, 0.1) is 19.9 Å². The van der Waals surface area contributed by atoms with Gasteiger partial charge in [-0.15, -0.1) is 0 Å². The highest BCUT2D eigenvalue weighted by Gasteiger charge is 2.28. The first kappa shape index (κ1) is 13.7. The molecule has 3 rings (SSSR count). The molecule has 0 saturated heterocycles. The van der Waals surface area contributed by atoms with Gasteiger partial charge in [0.15, 0.2) is 0 Å². The number of benzene rings is 2. The van der Waals surface area contributed by atoms with Crippen LogP contribution in [0.25, 0.3) is 5.70 Å². The van der Waals surface area contributed by atoms with Gasteiger partial charge in [0, 0.05) is 11.6 Å². The third-order valence-electron chi connectivity index (χ3n) is 4.15. The first-order chi connectivity index (χ1) is 10.1. The Morgan fingerprint density at radius 2 is 1.57 bits per heavy atom. The molecular formula is C20H20N. The molecule has 1 radical (unpaired) electrons. The van der Waals surface area contributed by atoms with E-state index in [-0.39, 0.29) is 5.54 Å². The van der Waals surface area contributed by atoms with E-state index in [1.54, 1.807) is 0 Å². The first-order valence-corrected chi connectivity index (χ1v) is 7.32. The van der Waals surface area contributed by atoms with Gasteiger partial charge in [-0.3, -0.25) is 0 Å². The number of dihydropyridines is 1. The largest absolute Gasteiger partial charge is 0.371 e. The summed E-state index contributed by atoms with van der Waals surface area (Å²) < 4.78 is 0. The molecule has 1 nitrogen and oxygen atoms in total. The summed E-state index contributed by atoms with van der Waals surface area (Å²) >= 11 is 0. The molecule has 1 aliphatic rings. The minimum absolute atomic E-state index is 0.200. The zero-order valence-electron chi connectivity index (χ0n) is 12.8. The van der Waals surface area contributed by atoms with E-state index in [2.05, 4.69) is 86.8 Å². The van der Waals surface area contributed by atoms with Crippen molar-refractivity contribution in [3.05, 3.63) is 89.0 Å². The summed E-state index contributed by atoms with van der Waals surface area (Å²) in [4.78, 5) is 0. The van der Waals surface area contributed by atoms with Gasteiger partial charge in [-0.05, 0) is 37.5 Å². The van der Waals surface area contributed by atoms with Crippen molar-refractivity contribution in [2.24, 2.45) is 0 Å². The Morgan fingerprint density at radius 3 is 2.29 bits per heavy atom. The minimum Gasteiger partial charge on any atom is -0.371 e. The van der Waals surface area contributed by atoms with Crippen LogP contribution < -0.4 is 5.32 Å². The average Bonchev–Trinajstić information content (AvgIpc) is 2.48. The zero-order chi connectivity index (χ0) is 14.9. The lowest BCUT2D eigenvalue weighted by Gasteiger charge is -2.34. The molecule has 1 atom stereocenters. The van der Waals surface area contributed by atoms with Gasteiger partial charge in [0.05, 0.1) is 11.2 Å². The molecule has 2 aromatic carbocycles. The highest BCUT2D eigenvalue weighted by Crippen LogP contribution is 2.31. The standard InChI is InChI=1S/C20H20N/c1-15-9-4-6-11-17(15)19-13-8-14-20(3,21-19)18-12-7-5-10-16(18)2/h4-12,14,21H,1-3H3. The van der Waals surface area contributed by atoms with Crippen LogP contribution in [-0.2, 0) is 5.54 Å². The SMILES string of the molecule is Cc1ccccc1C1=[C]C=CC(C)(c2ccccc2C)N1. The Balaban J connectivity index is 2.00. The maximum atomic E-state index is 3.66. The molecule has 1 aliphatic heterocycles. The van der Waals surface area contributed by atoms with Crippen molar-refractivity contribution in [1.29, 1.82) is 0 Å². The van der Waals surface area contributed by atoms with Crippen molar-refractivity contribution in [2.75, 3.05) is 0 Å². The fourth-order valence-electron chi connectivity index (χ4n) is 2.94. The van der Waals surface area contributed by atoms with Crippen molar-refractivity contribution in [3.8, 4) is 0 Å². The summed E-state index contributed by atoms with van der Waals surface area (Å²) in [5.74, 6) is 0. The maximum Gasteiger partial charge on any atom is 0.0787 e. The van der Waals surface area contributed by atoms with Crippen LogP contribution in [0.5, 0.6) is 0 Å². The lowest BCUT2D eigenvalue weighted by molar-refractivity contribution is 0.531. The number of aryl methyl sites for hydroxylation is 2. The molecule has 1 N–H and O–H groups in total. The smallest absolute Gasteiger partial charge is 0.0787 e. The molecule has 0 amide bonds. The van der Waals surface area contributed by atoms with Crippen molar-refractivity contribution in [2.45, 2.75) is 26.3 Å². The Hall–Kier alpha value is -2.28. The number of nitrogens with one attached hydrogen (secondary N) is 1. The number of rotatable bonds is 2. The van der Waals surface area contributed by atoms with Gasteiger partial charge in [0.1, 0.15) is 0 Å². The van der Waals surface area contributed by atoms with E-state index < -0.39 is 0 Å². The molecule has 0 saturated carbocycles. The summed E-state index contributed by atoms with van der Waals surface area (Å²) in [7, 11) is 0. The molecule has 0 bridgehead atoms. The van der Waals surface area contributed by atoms with Crippen LogP contribution in [0.4, 0.5) is 0 Å². The van der Waals surface area contributed by atoms with Gasteiger partial charge in [0.25, 0.3) is 0 Å². The third kappa shape index (κ3) is 2.52. The number of hydrogen-bond donors (Lipinski definition) is 1. The highest BCUT2D eigenvalue weighted by molar-refractivity contribution is 5.68. The summed E-state index contributed by atoms with van der Waals surface area (Å²) in [6.07, 6.45) is 7.56. The fraction of sp³-hybridized carbons (Fsp3) is 0.200.